The first-order chi connectivity index (χ1) is 12.9. The van der Waals surface area contributed by atoms with Crippen LogP contribution in [-0.2, 0) is 29.4 Å². The minimum atomic E-state index is -3.44. The maximum Gasteiger partial charge on any atom is 0.240 e. The number of anilines is 1. The Balaban J connectivity index is 0.00000392. The van der Waals surface area contributed by atoms with Gasteiger partial charge in [-0.15, -0.1) is 24.0 Å². The monoisotopic (exact) mass is 516 g/mol. The van der Waals surface area contributed by atoms with Crippen molar-refractivity contribution < 1.29 is 8.42 Å². The fraction of sp³-hybridized carbons (Fsp3) is 0.350. The number of guanidine groups is 1. The summed E-state index contributed by atoms with van der Waals surface area (Å²) in [6.07, 6.45) is 1.82. The van der Waals surface area contributed by atoms with E-state index in [1.54, 1.807) is 31.2 Å². The summed E-state index contributed by atoms with van der Waals surface area (Å²) in [5.41, 5.74) is 10.4. The molecule has 8 heteroatoms. The van der Waals surface area contributed by atoms with E-state index in [1.807, 2.05) is 0 Å². The van der Waals surface area contributed by atoms with E-state index in [9.17, 15) is 8.42 Å². The van der Waals surface area contributed by atoms with Crippen molar-refractivity contribution in [3.8, 4) is 0 Å². The molecule has 4 N–H and O–H groups in total. The zero-order chi connectivity index (χ0) is 19.9. The molecule has 0 saturated heterocycles. The molecule has 28 heavy (non-hydrogen) atoms. The maximum atomic E-state index is 12.0. The number of nitrogens with one attached hydrogen (secondary N) is 2. The van der Waals surface area contributed by atoms with Crippen LogP contribution in [0.4, 0.5) is 5.69 Å². The molecule has 0 atom stereocenters. The van der Waals surface area contributed by atoms with Crippen LogP contribution in [0.3, 0.4) is 0 Å². The average Bonchev–Trinajstić information content (AvgIpc) is 2.66. The fourth-order valence-electron chi connectivity index (χ4n) is 2.79. The summed E-state index contributed by atoms with van der Waals surface area (Å²) in [6.45, 7) is 6.69. The smallest absolute Gasteiger partial charge is 0.240 e. The molecule has 0 aliphatic heterocycles. The van der Waals surface area contributed by atoms with Gasteiger partial charge in [0.05, 0.1) is 11.4 Å². The number of sulfonamides is 1. The summed E-state index contributed by atoms with van der Waals surface area (Å²) in [6, 6.07) is 12.9. The molecular formula is C20H29IN4O2S. The Bertz CT molecular complexity index is 875. The van der Waals surface area contributed by atoms with Gasteiger partial charge in [-0.3, -0.25) is 0 Å². The molecule has 6 nitrogen and oxygen atoms in total. The number of rotatable bonds is 8. The number of para-hydroxylation sites is 1. The number of hydrogen-bond acceptors (Lipinski definition) is 3. The van der Waals surface area contributed by atoms with Gasteiger partial charge in [-0.2, -0.15) is 0 Å². The lowest BCUT2D eigenvalue weighted by Crippen LogP contribution is -2.24. The topological polar surface area (TPSA) is 96.6 Å². The van der Waals surface area contributed by atoms with Crippen LogP contribution < -0.4 is 15.8 Å². The van der Waals surface area contributed by atoms with Gasteiger partial charge < -0.3 is 11.1 Å². The highest BCUT2D eigenvalue weighted by Gasteiger charge is 2.12. The lowest BCUT2D eigenvalue weighted by molar-refractivity contribution is 0.584. The van der Waals surface area contributed by atoms with Crippen molar-refractivity contribution in [2.45, 2.75) is 45.1 Å². The second-order valence-corrected chi connectivity index (χ2v) is 7.90. The quantitative estimate of drug-likeness (QED) is 0.284. The number of aryl methyl sites for hydroxylation is 2. The van der Waals surface area contributed by atoms with Gasteiger partial charge in [0, 0.05) is 12.2 Å². The highest BCUT2D eigenvalue weighted by atomic mass is 127. The average molecular weight is 516 g/mol. The van der Waals surface area contributed by atoms with Crippen molar-refractivity contribution in [1.29, 1.82) is 0 Å². The number of hydrogen-bond donors (Lipinski definition) is 3. The van der Waals surface area contributed by atoms with Crippen LogP contribution in [0.5, 0.6) is 0 Å². The molecule has 0 saturated carbocycles. The summed E-state index contributed by atoms with van der Waals surface area (Å²) < 4.78 is 26.4. The molecule has 0 bridgehead atoms. The molecule has 0 unspecified atom stereocenters. The third kappa shape index (κ3) is 6.46. The first-order valence-electron chi connectivity index (χ1n) is 9.17. The van der Waals surface area contributed by atoms with Crippen LogP contribution in [-0.4, -0.2) is 20.9 Å². The number of benzene rings is 2. The second-order valence-electron chi connectivity index (χ2n) is 6.13. The zero-order valence-electron chi connectivity index (χ0n) is 16.5. The third-order valence-corrected chi connectivity index (χ3v) is 5.81. The largest absolute Gasteiger partial charge is 0.370 e. The predicted molar refractivity (Wildman–Crippen MR) is 127 cm³/mol. The van der Waals surface area contributed by atoms with E-state index in [2.05, 4.69) is 47.1 Å². The highest BCUT2D eigenvalue weighted by molar-refractivity contribution is 14.0. The standard InChI is InChI=1S/C20H28N4O2S.HI/c1-4-16-8-7-9-17(5-2)19(16)24-20(21)22-14-15-10-12-18(13-11-15)27(25,26)23-6-3;/h7-13,23H,4-6,14H2,1-3H3,(H3,21,22,24);1H. The first kappa shape index (κ1) is 24.4. The Labute approximate surface area is 185 Å². The Hall–Kier alpha value is -1.65. The molecule has 0 radical (unpaired) electrons. The molecule has 0 aliphatic rings. The highest BCUT2D eigenvalue weighted by Crippen LogP contribution is 2.22. The number of halogens is 1. The Kier molecular flexibility index (Phi) is 9.91. The van der Waals surface area contributed by atoms with Crippen molar-refractivity contribution >= 4 is 45.6 Å². The molecule has 2 aromatic rings. The molecule has 0 spiro atoms. The van der Waals surface area contributed by atoms with Crippen LogP contribution in [0.15, 0.2) is 52.4 Å². The molecule has 0 aliphatic carbocycles. The van der Waals surface area contributed by atoms with Gasteiger partial charge in [0.1, 0.15) is 0 Å². The second kappa shape index (κ2) is 11.4. The first-order valence-corrected chi connectivity index (χ1v) is 10.7. The van der Waals surface area contributed by atoms with Crippen LogP contribution in [0.25, 0.3) is 0 Å². The fourth-order valence-corrected chi connectivity index (χ4v) is 3.84. The summed E-state index contributed by atoms with van der Waals surface area (Å²) in [4.78, 5) is 4.63. The summed E-state index contributed by atoms with van der Waals surface area (Å²) in [5.74, 6) is 0.343. The van der Waals surface area contributed by atoms with E-state index < -0.39 is 10.0 Å². The van der Waals surface area contributed by atoms with Crippen LogP contribution in [0, 0.1) is 0 Å². The Morgan fingerprint density at radius 2 is 1.57 bits per heavy atom. The molecule has 0 amide bonds. The molecule has 0 fully saturated rings. The van der Waals surface area contributed by atoms with Gasteiger partial charge in [0.15, 0.2) is 5.96 Å². The van der Waals surface area contributed by atoms with E-state index in [-0.39, 0.29) is 28.9 Å². The zero-order valence-corrected chi connectivity index (χ0v) is 19.7. The molecule has 0 heterocycles. The number of nitrogens with two attached hydrogens (primary N) is 1. The maximum absolute atomic E-state index is 12.0. The lowest BCUT2D eigenvalue weighted by Gasteiger charge is -2.14. The SMILES string of the molecule is CCNS(=O)(=O)c1ccc(CN=C(N)Nc2c(CC)cccc2CC)cc1.I. The number of nitrogens with zero attached hydrogens (tertiary/aromatic N) is 1. The van der Waals surface area contributed by atoms with Gasteiger partial charge in [-0.25, -0.2) is 18.1 Å². The van der Waals surface area contributed by atoms with Gasteiger partial charge in [0.25, 0.3) is 0 Å². The summed E-state index contributed by atoms with van der Waals surface area (Å²) >= 11 is 0. The molecule has 2 aromatic carbocycles. The normalized spacial score (nSPS) is 11.8. The van der Waals surface area contributed by atoms with E-state index in [0.717, 1.165) is 24.1 Å². The molecular weight excluding hydrogens is 487 g/mol. The van der Waals surface area contributed by atoms with Crippen molar-refractivity contribution in [2.75, 3.05) is 11.9 Å². The minimum Gasteiger partial charge on any atom is -0.370 e. The minimum absolute atomic E-state index is 0. The van der Waals surface area contributed by atoms with Gasteiger partial charge in [0.2, 0.25) is 10.0 Å². The lowest BCUT2D eigenvalue weighted by atomic mass is 10.0. The van der Waals surface area contributed by atoms with Gasteiger partial charge >= 0.3 is 0 Å². The summed E-state index contributed by atoms with van der Waals surface area (Å²) in [5, 5.41) is 3.23. The van der Waals surface area contributed by atoms with Crippen molar-refractivity contribution in [1.82, 2.24) is 4.72 Å². The molecule has 0 aromatic heterocycles. The van der Waals surface area contributed by atoms with Gasteiger partial charge in [-0.1, -0.05) is 51.1 Å². The van der Waals surface area contributed by atoms with Crippen molar-refractivity contribution in [3.05, 3.63) is 59.2 Å². The van der Waals surface area contributed by atoms with E-state index in [0.29, 0.717) is 19.0 Å². The van der Waals surface area contributed by atoms with E-state index >= 15 is 0 Å². The van der Waals surface area contributed by atoms with Gasteiger partial charge in [-0.05, 0) is 41.7 Å². The summed E-state index contributed by atoms with van der Waals surface area (Å²) in [7, 11) is -3.44. The Morgan fingerprint density at radius 3 is 2.07 bits per heavy atom. The van der Waals surface area contributed by atoms with E-state index in [1.165, 1.54) is 11.1 Å². The van der Waals surface area contributed by atoms with E-state index in [4.69, 9.17) is 5.73 Å². The van der Waals surface area contributed by atoms with Crippen LogP contribution in [0.2, 0.25) is 0 Å². The van der Waals surface area contributed by atoms with Crippen LogP contribution in [0.1, 0.15) is 37.5 Å². The Morgan fingerprint density at radius 1 is 1.00 bits per heavy atom. The third-order valence-electron chi connectivity index (χ3n) is 4.25. The van der Waals surface area contributed by atoms with Crippen molar-refractivity contribution in [2.24, 2.45) is 10.7 Å². The van der Waals surface area contributed by atoms with Crippen molar-refractivity contribution in [3.63, 3.8) is 0 Å². The molecule has 2 rings (SSSR count). The number of aliphatic imine (C=N–C) groups is 1. The van der Waals surface area contributed by atoms with Crippen LogP contribution >= 0.6 is 24.0 Å². The predicted octanol–water partition coefficient (Wildman–Crippen LogP) is 3.65. The molecule has 154 valence electrons.